The zero-order valence-electron chi connectivity index (χ0n) is 12.0. The molecule has 21 heavy (non-hydrogen) atoms. The highest BCUT2D eigenvalue weighted by molar-refractivity contribution is 6.17. The van der Waals surface area contributed by atoms with Gasteiger partial charge in [-0.3, -0.25) is 4.57 Å². The van der Waals surface area contributed by atoms with E-state index >= 15 is 0 Å². The van der Waals surface area contributed by atoms with E-state index in [1.807, 2.05) is 4.57 Å². The second-order valence-corrected chi connectivity index (χ2v) is 5.64. The quantitative estimate of drug-likeness (QED) is 0.621. The summed E-state index contributed by atoms with van der Waals surface area (Å²) in [5.41, 5.74) is 3.76. The lowest BCUT2D eigenvalue weighted by Crippen LogP contribution is -1.99. The maximum Gasteiger partial charge on any atom is 0.129 e. The molecule has 0 fully saturated rings. The Labute approximate surface area is 128 Å². The molecule has 3 aromatic rings. The van der Waals surface area contributed by atoms with E-state index in [4.69, 9.17) is 11.6 Å². The number of fused-ring (bicyclic) bond motifs is 1. The van der Waals surface area contributed by atoms with Crippen LogP contribution >= 0.6 is 11.6 Å². The molecule has 0 atom stereocenters. The topological polar surface area (TPSA) is 17.8 Å². The maximum atomic E-state index is 13.3. The number of hydrogen-bond donors (Lipinski definition) is 0. The van der Waals surface area contributed by atoms with Crippen molar-refractivity contribution < 1.29 is 4.39 Å². The van der Waals surface area contributed by atoms with Gasteiger partial charge in [-0.25, -0.2) is 9.37 Å². The first kappa shape index (κ1) is 14.1. The summed E-state index contributed by atoms with van der Waals surface area (Å²) in [5, 5.41) is 0. The second-order valence-electron chi connectivity index (χ2n) is 5.38. The lowest BCUT2D eigenvalue weighted by atomic mass is 10.0. The number of benzene rings is 2. The number of hydrogen-bond acceptors (Lipinski definition) is 1. The molecular weight excluding hydrogens is 287 g/mol. The molecule has 0 saturated heterocycles. The van der Waals surface area contributed by atoms with E-state index in [-0.39, 0.29) is 11.7 Å². The van der Waals surface area contributed by atoms with Crippen LogP contribution in [-0.4, -0.2) is 9.55 Å². The molecule has 0 saturated carbocycles. The van der Waals surface area contributed by atoms with Gasteiger partial charge in [-0.1, -0.05) is 26.0 Å². The molecule has 1 heterocycles. The van der Waals surface area contributed by atoms with Gasteiger partial charge in [0.15, 0.2) is 0 Å². The Morgan fingerprint density at radius 1 is 1.14 bits per heavy atom. The number of nitrogens with zero attached hydrogens (tertiary/aromatic N) is 2. The summed E-state index contributed by atoms with van der Waals surface area (Å²) < 4.78 is 15.3. The van der Waals surface area contributed by atoms with Crippen LogP contribution in [0.15, 0.2) is 42.5 Å². The van der Waals surface area contributed by atoms with Gasteiger partial charge in [-0.05, 0) is 35.7 Å². The fraction of sp³-hybridized carbons (Fsp3) is 0.235. The number of alkyl halides is 1. The van der Waals surface area contributed by atoms with Gasteiger partial charge in [0.25, 0.3) is 0 Å². The number of aromatic nitrogens is 2. The molecule has 0 N–H and O–H groups in total. The molecule has 108 valence electrons. The van der Waals surface area contributed by atoms with Crippen LogP contribution in [0.25, 0.3) is 16.7 Å². The fourth-order valence-corrected chi connectivity index (χ4v) is 2.67. The molecule has 2 nitrogen and oxygen atoms in total. The first-order valence-electron chi connectivity index (χ1n) is 6.93. The molecular formula is C17H16ClFN2. The van der Waals surface area contributed by atoms with Crippen molar-refractivity contribution in [2.24, 2.45) is 0 Å². The van der Waals surface area contributed by atoms with E-state index in [9.17, 15) is 4.39 Å². The van der Waals surface area contributed by atoms with Gasteiger partial charge in [0.2, 0.25) is 0 Å². The molecule has 3 rings (SSSR count). The van der Waals surface area contributed by atoms with Gasteiger partial charge in [0, 0.05) is 11.8 Å². The van der Waals surface area contributed by atoms with Crippen molar-refractivity contribution in [3.05, 3.63) is 59.7 Å². The molecule has 1 aromatic heterocycles. The Bertz CT molecular complexity index is 775. The van der Waals surface area contributed by atoms with Crippen LogP contribution in [0.5, 0.6) is 0 Å². The first-order chi connectivity index (χ1) is 10.1. The highest BCUT2D eigenvalue weighted by Gasteiger charge is 2.12. The van der Waals surface area contributed by atoms with Crippen LogP contribution in [0.4, 0.5) is 4.39 Å². The molecule has 0 radical (unpaired) electrons. The van der Waals surface area contributed by atoms with Crippen LogP contribution in [0.3, 0.4) is 0 Å². The van der Waals surface area contributed by atoms with E-state index in [2.05, 4.69) is 43.1 Å². The number of imidazole rings is 1. The van der Waals surface area contributed by atoms with Gasteiger partial charge in [-0.15, -0.1) is 11.6 Å². The smallest absolute Gasteiger partial charge is 0.129 e. The Hall–Kier alpha value is -1.87. The molecule has 0 amide bonds. The Morgan fingerprint density at radius 2 is 1.86 bits per heavy atom. The van der Waals surface area contributed by atoms with Crippen molar-refractivity contribution in [2.45, 2.75) is 25.6 Å². The number of rotatable bonds is 3. The van der Waals surface area contributed by atoms with Crippen LogP contribution in [-0.2, 0) is 5.88 Å². The predicted octanol–water partition coefficient (Wildman–Crippen LogP) is 5.03. The van der Waals surface area contributed by atoms with E-state index in [1.54, 1.807) is 6.07 Å². The lowest BCUT2D eigenvalue weighted by Gasteiger charge is -2.10. The summed E-state index contributed by atoms with van der Waals surface area (Å²) >= 11 is 6.00. The van der Waals surface area contributed by atoms with E-state index < -0.39 is 0 Å². The third-order valence-corrected chi connectivity index (χ3v) is 3.86. The lowest BCUT2D eigenvalue weighted by molar-refractivity contribution is 0.629. The molecule has 0 unspecified atom stereocenters. The average Bonchev–Trinajstić information content (AvgIpc) is 2.84. The molecule has 4 heteroatoms. The Balaban J connectivity index is 2.18. The van der Waals surface area contributed by atoms with Crippen molar-refractivity contribution in [1.82, 2.24) is 9.55 Å². The fourth-order valence-electron chi connectivity index (χ4n) is 2.49. The Kier molecular flexibility index (Phi) is 3.68. The zero-order valence-corrected chi connectivity index (χ0v) is 12.7. The third-order valence-electron chi connectivity index (χ3n) is 3.62. The van der Waals surface area contributed by atoms with Gasteiger partial charge in [0.1, 0.15) is 11.6 Å². The molecule has 0 bridgehead atoms. The summed E-state index contributed by atoms with van der Waals surface area (Å²) in [6.45, 7) is 4.32. The van der Waals surface area contributed by atoms with Gasteiger partial charge in [0.05, 0.1) is 16.9 Å². The second kappa shape index (κ2) is 5.49. The van der Waals surface area contributed by atoms with Crippen molar-refractivity contribution in [3.8, 4) is 5.69 Å². The minimum Gasteiger partial charge on any atom is -0.295 e. The minimum atomic E-state index is -0.288. The monoisotopic (exact) mass is 302 g/mol. The van der Waals surface area contributed by atoms with E-state index in [0.717, 1.165) is 17.0 Å². The van der Waals surface area contributed by atoms with Gasteiger partial charge >= 0.3 is 0 Å². The number of halogens is 2. The normalized spacial score (nSPS) is 11.5. The van der Waals surface area contributed by atoms with Crippen LogP contribution < -0.4 is 0 Å². The van der Waals surface area contributed by atoms with E-state index in [0.29, 0.717) is 11.4 Å². The van der Waals surface area contributed by atoms with Crippen LogP contribution in [0, 0.1) is 5.82 Å². The summed E-state index contributed by atoms with van der Waals surface area (Å²) in [5.74, 6) is 1.19. The van der Waals surface area contributed by atoms with Crippen LogP contribution in [0.1, 0.15) is 31.2 Å². The Morgan fingerprint density at radius 3 is 2.48 bits per heavy atom. The SMILES string of the molecule is CC(C)c1ccc(-n2c(CCl)nc3cc(F)ccc32)cc1. The standard InChI is InChI=1S/C17H16ClFN2/c1-11(2)12-3-6-14(7-4-12)21-16-8-5-13(19)9-15(16)20-17(21)10-18/h3-9,11H,10H2,1-2H3. The minimum absolute atomic E-state index is 0.280. The van der Waals surface area contributed by atoms with Crippen LogP contribution in [0.2, 0.25) is 0 Å². The molecule has 0 aliphatic carbocycles. The largest absolute Gasteiger partial charge is 0.295 e. The zero-order chi connectivity index (χ0) is 15.0. The molecule has 0 aliphatic rings. The maximum absolute atomic E-state index is 13.3. The highest BCUT2D eigenvalue weighted by atomic mass is 35.5. The van der Waals surface area contributed by atoms with Gasteiger partial charge in [-0.2, -0.15) is 0 Å². The average molecular weight is 303 g/mol. The molecule has 2 aromatic carbocycles. The predicted molar refractivity (Wildman–Crippen MR) is 84.7 cm³/mol. The summed E-state index contributed by atoms with van der Waals surface area (Å²) in [4.78, 5) is 4.42. The molecule has 0 aliphatic heterocycles. The summed E-state index contributed by atoms with van der Waals surface area (Å²) in [6, 6.07) is 12.9. The van der Waals surface area contributed by atoms with Crippen molar-refractivity contribution in [1.29, 1.82) is 0 Å². The summed E-state index contributed by atoms with van der Waals surface area (Å²) in [6.07, 6.45) is 0. The molecule has 0 spiro atoms. The third kappa shape index (κ3) is 2.54. The summed E-state index contributed by atoms with van der Waals surface area (Å²) in [7, 11) is 0. The van der Waals surface area contributed by atoms with E-state index in [1.165, 1.54) is 17.7 Å². The van der Waals surface area contributed by atoms with Crippen molar-refractivity contribution in [3.63, 3.8) is 0 Å². The first-order valence-corrected chi connectivity index (χ1v) is 7.47. The van der Waals surface area contributed by atoms with Crippen molar-refractivity contribution >= 4 is 22.6 Å². The highest BCUT2D eigenvalue weighted by Crippen LogP contribution is 2.25. The van der Waals surface area contributed by atoms with Crippen molar-refractivity contribution in [2.75, 3.05) is 0 Å². The van der Waals surface area contributed by atoms with Gasteiger partial charge < -0.3 is 0 Å².